The van der Waals surface area contributed by atoms with Gasteiger partial charge in [0.05, 0.1) is 5.69 Å². The minimum absolute atomic E-state index is 0.327. The van der Waals surface area contributed by atoms with E-state index in [9.17, 15) is 9.50 Å². The number of piperidine rings is 2. The summed E-state index contributed by atoms with van der Waals surface area (Å²) in [6.45, 7) is 0. The van der Waals surface area contributed by atoms with Crippen LogP contribution < -0.4 is 5.32 Å². The Morgan fingerprint density at radius 2 is 2.06 bits per heavy atom. The molecule has 4 heteroatoms. The molecule has 0 aromatic carbocycles. The third-order valence-electron chi connectivity index (χ3n) is 3.94. The third kappa shape index (κ3) is 2.07. The highest BCUT2D eigenvalue weighted by Gasteiger charge is 2.42. The SMILES string of the molecule is OC1(c2cc(F)ccn2)CC2CCCC(C1)N2. The third-order valence-corrected chi connectivity index (χ3v) is 3.94. The maximum absolute atomic E-state index is 13.2. The molecule has 0 spiro atoms. The van der Waals surface area contributed by atoms with Crippen molar-refractivity contribution in [2.45, 2.75) is 49.8 Å². The van der Waals surface area contributed by atoms with Crippen LogP contribution in [0.4, 0.5) is 4.39 Å². The highest BCUT2D eigenvalue weighted by molar-refractivity contribution is 5.17. The first-order valence-corrected chi connectivity index (χ1v) is 6.26. The van der Waals surface area contributed by atoms with E-state index in [0.29, 0.717) is 30.6 Å². The molecule has 3 heterocycles. The Morgan fingerprint density at radius 3 is 2.71 bits per heavy atom. The Balaban J connectivity index is 1.90. The summed E-state index contributed by atoms with van der Waals surface area (Å²) >= 11 is 0. The molecule has 92 valence electrons. The van der Waals surface area contributed by atoms with Crippen LogP contribution in [0.1, 0.15) is 37.8 Å². The van der Waals surface area contributed by atoms with E-state index in [1.54, 1.807) is 0 Å². The summed E-state index contributed by atoms with van der Waals surface area (Å²) in [6, 6.07) is 3.37. The smallest absolute Gasteiger partial charge is 0.126 e. The summed E-state index contributed by atoms with van der Waals surface area (Å²) < 4.78 is 13.2. The standard InChI is InChI=1S/C13H17FN2O/c14-9-4-5-15-12(6-9)13(17)7-10-2-1-3-11(8-13)16-10/h4-6,10-11,16-17H,1-3,7-8H2. The van der Waals surface area contributed by atoms with Gasteiger partial charge in [0.1, 0.15) is 11.4 Å². The summed E-state index contributed by atoms with van der Waals surface area (Å²) in [5.41, 5.74) is -0.473. The lowest BCUT2D eigenvalue weighted by Gasteiger charge is -2.44. The first kappa shape index (κ1) is 11.1. The van der Waals surface area contributed by atoms with Gasteiger partial charge in [-0.2, -0.15) is 0 Å². The molecule has 0 amide bonds. The lowest BCUT2D eigenvalue weighted by atomic mass is 9.75. The van der Waals surface area contributed by atoms with Crippen LogP contribution in [0.2, 0.25) is 0 Å². The number of aromatic nitrogens is 1. The molecule has 1 aromatic rings. The minimum Gasteiger partial charge on any atom is -0.383 e. The molecule has 2 fully saturated rings. The van der Waals surface area contributed by atoms with Crippen LogP contribution in [-0.4, -0.2) is 22.2 Å². The van der Waals surface area contributed by atoms with E-state index in [0.717, 1.165) is 12.8 Å². The summed E-state index contributed by atoms with van der Waals surface area (Å²) in [7, 11) is 0. The van der Waals surface area contributed by atoms with Gasteiger partial charge in [0.15, 0.2) is 0 Å². The number of pyridine rings is 1. The molecule has 2 aliphatic rings. The monoisotopic (exact) mass is 236 g/mol. The van der Waals surface area contributed by atoms with Gasteiger partial charge in [-0.25, -0.2) is 4.39 Å². The Hall–Kier alpha value is -1.00. The zero-order chi connectivity index (χ0) is 11.9. The van der Waals surface area contributed by atoms with Crippen LogP contribution in [0.25, 0.3) is 0 Å². The van der Waals surface area contributed by atoms with E-state index < -0.39 is 5.60 Å². The maximum Gasteiger partial charge on any atom is 0.126 e. The molecule has 3 rings (SSSR count). The number of nitrogens with one attached hydrogen (secondary N) is 1. The largest absolute Gasteiger partial charge is 0.383 e. The summed E-state index contributed by atoms with van der Waals surface area (Å²) in [5.74, 6) is -0.327. The van der Waals surface area contributed by atoms with Crippen LogP contribution in [0.15, 0.2) is 18.3 Å². The first-order valence-electron chi connectivity index (χ1n) is 6.26. The molecular weight excluding hydrogens is 219 g/mol. The van der Waals surface area contributed by atoms with Crippen molar-refractivity contribution in [3.8, 4) is 0 Å². The van der Waals surface area contributed by atoms with Crippen molar-refractivity contribution in [3.63, 3.8) is 0 Å². The number of fused-ring (bicyclic) bond motifs is 2. The van der Waals surface area contributed by atoms with E-state index >= 15 is 0 Å². The Kier molecular flexibility index (Phi) is 2.64. The van der Waals surface area contributed by atoms with Gasteiger partial charge in [0.25, 0.3) is 0 Å². The lowest BCUT2D eigenvalue weighted by Crippen LogP contribution is -2.54. The van der Waals surface area contributed by atoms with Crippen LogP contribution in [0, 0.1) is 5.82 Å². The Bertz CT molecular complexity index is 412. The molecule has 2 N–H and O–H groups in total. The van der Waals surface area contributed by atoms with Gasteiger partial charge in [-0.1, -0.05) is 6.42 Å². The quantitative estimate of drug-likeness (QED) is 0.780. The van der Waals surface area contributed by atoms with Crippen LogP contribution >= 0.6 is 0 Å². The van der Waals surface area contributed by atoms with Crippen LogP contribution in [0.5, 0.6) is 0 Å². The molecule has 3 nitrogen and oxygen atoms in total. The second-order valence-corrected chi connectivity index (χ2v) is 5.29. The van der Waals surface area contributed by atoms with Gasteiger partial charge in [0, 0.05) is 18.3 Å². The molecule has 0 aliphatic carbocycles. The van der Waals surface area contributed by atoms with Gasteiger partial charge < -0.3 is 10.4 Å². The molecule has 2 atom stereocenters. The van der Waals surface area contributed by atoms with E-state index in [4.69, 9.17) is 0 Å². The molecule has 2 bridgehead atoms. The number of aliphatic hydroxyl groups is 1. The number of rotatable bonds is 1. The van der Waals surface area contributed by atoms with Crippen molar-refractivity contribution in [1.29, 1.82) is 0 Å². The van der Waals surface area contributed by atoms with Crippen molar-refractivity contribution in [2.24, 2.45) is 0 Å². The average molecular weight is 236 g/mol. The van der Waals surface area contributed by atoms with E-state index in [2.05, 4.69) is 10.3 Å². The van der Waals surface area contributed by atoms with Crippen LogP contribution in [-0.2, 0) is 5.60 Å². The van der Waals surface area contributed by atoms with Crippen molar-refractivity contribution < 1.29 is 9.50 Å². The van der Waals surface area contributed by atoms with E-state index in [-0.39, 0.29) is 5.82 Å². The minimum atomic E-state index is -0.955. The first-order chi connectivity index (χ1) is 8.16. The van der Waals surface area contributed by atoms with Gasteiger partial charge in [-0.15, -0.1) is 0 Å². The van der Waals surface area contributed by atoms with Crippen LogP contribution in [0.3, 0.4) is 0 Å². The zero-order valence-electron chi connectivity index (χ0n) is 9.69. The topological polar surface area (TPSA) is 45.2 Å². The fraction of sp³-hybridized carbons (Fsp3) is 0.615. The van der Waals surface area contributed by atoms with Gasteiger partial charge in [0.2, 0.25) is 0 Å². The molecule has 2 saturated heterocycles. The molecule has 1 aromatic heterocycles. The highest BCUT2D eigenvalue weighted by Crippen LogP contribution is 2.38. The zero-order valence-corrected chi connectivity index (χ0v) is 9.69. The number of hydrogen-bond donors (Lipinski definition) is 2. The number of halogens is 1. The molecule has 2 aliphatic heterocycles. The van der Waals surface area contributed by atoms with Gasteiger partial charge in [-0.3, -0.25) is 4.98 Å². The van der Waals surface area contributed by atoms with E-state index in [1.807, 2.05) is 0 Å². The summed E-state index contributed by atoms with van der Waals surface area (Å²) in [5, 5.41) is 14.2. The number of nitrogens with zero attached hydrogens (tertiary/aromatic N) is 1. The summed E-state index contributed by atoms with van der Waals surface area (Å²) in [4.78, 5) is 4.14. The molecular formula is C13H17FN2O. The van der Waals surface area contributed by atoms with Gasteiger partial charge >= 0.3 is 0 Å². The number of hydrogen-bond acceptors (Lipinski definition) is 3. The molecule has 0 saturated carbocycles. The normalized spacial score (nSPS) is 36.8. The predicted octanol–water partition coefficient (Wildman–Crippen LogP) is 1.71. The fourth-order valence-corrected chi connectivity index (χ4v) is 3.20. The molecule has 17 heavy (non-hydrogen) atoms. The summed E-state index contributed by atoms with van der Waals surface area (Å²) in [6.07, 6.45) is 6.11. The fourth-order valence-electron chi connectivity index (χ4n) is 3.20. The average Bonchev–Trinajstić information content (AvgIpc) is 2.28. The van der Waals surface area contributed by atoms with Crippen molar-refractivity contribution in [2.75, 3.05) is 0 Å². The van der Waals surface area contributed by atoms with E-state index in [1.165, 1.54) is 24.8 Å². The highest BCUT2D eigenvalue weighted by atomic mass is 19.1. The van der Waals surface area contributed by atoms with Crippen molar-refractivity contribution >= 4 is 0 Å². The molecule has 0 radical (unpaired) electrons. The Labute approximate surface area is 100 Å². The van der Waals surface area contributed by atoms with Crippen molar-refractivity contribution in [3.05, 3.63) is 29.8 Å². The second kappa shape index (κ2) is 4.03. The second-order valence-electron chi connectivity index (χ2n) is 5.29. The Morgan fingerprint density at radius 1 is 1.35 bits per heavy atom. The lowest BCUT2D eigenvalue weighted by molar-refractivity contribution is -0.0394. The van der Waals surface area contributed by atoms with Gasteiger partial charge in [-0.05, 0) is 37.8 Å². The predicted molar refractivity (Wildman–Crippen MR) is 61.9 cm³/mol. The van der Waals surface area contributed by atoms with Crippen molar-refractivity contribution in [1.82, 2.24) is 10.3 Å². The maximum atomic E-state index is 13.2. The molecule has 2 unspecified atom stereocenters.